The van der Waals surface area contributed by atoms with Crippen LogP contribution in [0.15, 0.2) is 24.3 Å². The van der Waals surface area contributed by atoms with Gasteiger partial charge in [-0.1, -0.05) is 61.9 Å². The molecule has 2 rings (SSSR count). The van der Waals surface area contributed by atoms with Gasteiger partial charge >= 0.3 is 0 Å². The van der Waals surface area contributed by atoms with Gasteiger partial charge in [0.15, 0.2) is 0 Å². The van der Waals surface area contributed by atoms with Gasteiger partial charge in [-0.2, -0.15) is 0 Å². The monoisotopic (exact) mass is 274 g/mol. The van der Waals surface area contributed by atoms with E-state index in [0.29, 0.717) is 0 Å². The molecule has 2 nitrogen and oxygen atoms in total. The van der Waals surface area contributed by atoms with Gasteiger partial charge in [0.05, 0.1) is 0 Å². The van der Waals surface area contributed by atoms with Crippen molar-refractivity contribution in [2.24, 2.45) is 5.73 Å². The van der Waals surface area contributed by atoms with Crippen molar-refractivity contribution < 1.29 is 0 Å². The molecule has 1 fully saturated rings. The average Bonchev–Trinajstić information content (AvgIpc) is 2.39. The lowest BCUT2D eigenvalue weighted by atomic mass is 9.82. The smallest absolute Gasteiger partial charge is 0.0332 e. The summed E-state index contributed by atoms with van der Waals surface area (Å²) in [6.45, 7) is 3.96. The maximum atomic E-state index is 6.20. The Morgan fingerprint density at radius 3 is 2.35 bits per heavy atom. The fourth-order valence-electron chi connectivity index (χ4n) is 3.56. The van der Waals surface area contributed by atoms with E-state index in [1.165, 1.54) is 56.1 Å². The van der Waals surface area contributed by atoms with Gasteiger partial charge in [0.2, 0.25) is 0 Å². The molecule has 0 aromatic heterocycles. The summed E-state index contributed by atoms with van der Waals surface area (Å²) in [5, 5.41) is 0. The van der Waals surface area contributed by atoms with Crippen LogP contribution in [0.4, 0.5) is 0 Å². The quantitative estimate of drug-likeness (QED) is 0.903. The van der Waals surface area contributed by atoms with Crippen LogP contribution in [-0.2, 0) is 6.54 Å². The van der Waals surface area contributed by atoms with Crippen molar-refractivity contribution in [2.45, 2.75) is 64.0 Å². The van der Waals surface area contributed by atoms with Crippen molar-refractivity contribution in [3.63, 3.8) is 0 Å². The summed E-state index contributed by atoms with van der Waals surface area (Å²) in [4.78, 5) is 2.52. The van der Waals surface area contributed by atoms with Crippen molar-refractivity contribution in [2.75, 3.05) is 13.6 Å². The topological polar surface area (TPSA) is 29.3 Å². The van der Waals surface area contributed by atoms with E-state index in [9.17, 15) is 0 Å². The third-order valence-electron chi connectivity index (χ3n) is 4.98. The average molecular weight is 274 g/mol. The molecular weight excluding hydrogens is 244 g/mol. The lowest BCUT2D eigenvalue weighted by Crippen LogP contribution is -2.52. The highest BCUT2D eigenvalue weighted by molar-refractivity contribution is 5.22. The molecule has 0 spiro atoms. The van der Waals surface area contributed by atoms with Gasteiger partial charge in [-0.15, -0.1) is 0 Å². The third-order valence-corrected chi connectivity index (χ3v) is 4.98. The lowest BCUT2D eigenvalue weighted by molar-refractivity contribution is 0.0865. The van der Waals surface area contributed by atoms with Crippen molar-refractivity contribution >= 4 is 0 Å². The van der Waals surface area contributed by atoms with Gasteiger partial charge < -0.3 is 5.73 Å². The van der Waals surface area contributed by atoms with Crippen molar-refractivity contribution in [3.05, 3.63) is 35.4 Å². The third kappa shape index (κ3) is 3.83. The molecule has 0 radical (unpaired) electrons. The number of nitrogens with two attached hydrogens (primary N) is 1. The molecule has 0 bridgehead atoms. The number of rotatable bonds is 4. The molecule has 0 unspecified atom stereocenters. The SMILES string of the molecule is Cc1cccc(CN(C)C2(CN)CCCCCCC2)c1. The Balaban J connectivity index is 2.08. The molecule has 112 valence electrons. The second-order valence-electron chi connectivity index (χ2n) is 6.54. The molecule has 1 saturated carbocycles. The van der Waals surface area contributed by atoms with E-state index in [1.807, 2.05) is 0 Å². The van der Waals surface area contributed by atoms with Crippen LogP contribution in [-0.4, -0.2) is 24.0 Å². The summed E-state index contributed by atoms with van der Waals surface area (Å²) in [7, 11) is 2.26. The Morgan fingerprint density at radius 2 is 1.75 bits per heavy atom. The van der Waals surface area contributed by atoms with E-state index < -0.39 is 0 Å². The molecular formula is C18H30N2. The summed E-state index contributed by atoms with van der Waals surface area (Å²) in [5.74, 6) is 0. The number of benzene rings is 1. The van der Waals surface area contributed by atoms with Crippen LogP contribution in [0, 0.1) is 6.92 Å². The molecule has 0 saturated heterocycles. The lowest BCUT2D eigenvalue weighted by Gasteiger charge is -2.43. The fraction of sp³-hybridized carbons (Fsp3) is 0.667. The molecule has 1 aromatic carbocycles. The van der Waals surface area contributed by atoms with Gasteiger partial charge in [0, 0.05) is 18.6 Å². The highest BCUT2D eigenvalue weighted by Crippen LogP contribution is 2.31. The van der Waals surface area contributed by atoms with E-state index >= 15 is 0 Å². The first-order valence-electron chi connectivity index (χ1n) is 8.13. The second-order valence-corrected chi connectivity index (χ2v) is 6.54. The first-order chi connectivity index (χ1) is 9.66. The molecule has 2 N–H and O–H groups in total. The second kappa shape index (κ2) is 7.24. The Bertz CT molecular complexity index is 406. The van der Waals surface area contributed by atoms with Gasteiger partial charge in [0.25, 0.3) is 0 Å². The molecule has 1 aliphatic rings. The van der Waals surface area contributed by atoms with Crippen LogP contribution < -0.4 is 5.73 Å². The van der Waals surface area contributed by atoms with Gasteiger partial charge in [-0.05, 0) is 32.4 Å². The van der Waals surface area contributed by atoms with Crippen molar-refractivity contribution in [1.82, 2.24) is 4.90 Å². The molecule has 20 heavy (non-hydrogen) atoms. The van der Waals surface area contributed by atoms with Crippen LogP contribution in [0.3, 0.4) is 0 Å². The van der Waals surface area contributed by atoms with Crippen LogP contribution in [0.5, 0.6) is 0 Å². The van der Waals surface area contributed by atoms with Crippen LogP contribution >= 0.6 is 0 Å². The molecule has 0 aliphatic heterocycles. The van der Waals surface area contributed by atoms with Crippen molar-refractivity contribution in [1.29, 1.82) is 0 Å². The first kappa shape index (κ1) is 15.5. The first-order valence-corrected chi connectivity index (χ1v) is 8.13. The maximum absolute atomic E-state index is 6.20. The van der Waals surface area contributed by atoms with Crippen LogP contribution in [0.1, 0.15) is 56.1 Å². The normalized spacial score (nSPS) is 19.6. The zero-order valence-corrected chi connectivity index (χ0v) is 13.2. The molecule has 0 heterocycles. The molecule has 1 aromatic rings. The number of nitrogens with zero attached hydrogens (tertiary/aromatic N) is 1. The number of likely N-dealkylation sites (N-methyl/N-ethyl adjacent to an activating group) is 1. The van der Waals surface area contributed by atoms with E-state index in [-0.39, 0.29) is 5.54 Å². The Kier molecular flexibility index (Phi) is 5.62. The zero-order chi connectivity index (χ0) is 14.4. The fourth-order valence-corrected chi connectivity index (χ4v) is 3.56. The molecule has 2 heteroatoms. The highest BCUT2D eigenvalue weighted by Gasteiger charge is 2.32. The molecule has 1 aliphatic carbocycles. The van der Waals surface area contributed by atoms with E-state index in [0.717, 1.165) is 13.1 Å². The number of hydrogen-bond donors (Lipinski definition) is 1. The minimum Gasteiger partial charge on any atom is -0.329 e. The Labute approximate surface area is 124 Å². The van der Waals surface area contributed by atoms with Crippen LogP contribution in [0.2, 0.25) is 0 Å². The summed E-state index contributed by atoms with van der Waals surface area (Å²) in [6.07, 6.45) is 9.32. The standard InChI is InChI=1S/C18H30N2/c1-16-9-8-10-17(13-16)14-20(2)18(15-19)11-6-4-3-5-7-12-18/h8-10,13H,3-7,11-12,14-15,19H2,1-2H3. The van der Waals surface area contributed by atoms with E-state index in [2.05, 4.69) is 43.1 Å². The van der Waals surface area contributed by atoms with Gasteiger partial charge in [-0.3, -0.25) is 4.90 Å². The van der Waals surface area contributed by atoms with Gasteiger partial charge in [-0.25, -0.2) is 0 Å². The zero-order valence-electron chi connectivity index (χ0n) is 13.2. The minimum absolute atomic E-state index is 0.212. The minimum atomic E-state index is 0.212. The molecule has 0 amide bonds. The van der Waals surface area contributed by atoms with Crippen molar-refractivity contribution in [3.8, 4) is 0 Å². The Morgan fingerprint density at radius 1 is 1.10 bits per heavy atom. The largest absolute Gasteiger partial charge is 0.329 e. The maximum Gasteiger partial charge on any atom is 0.0332 e. The highest BCUT2D eigenvalue weighted by atomic mass is 15.2. The summed E-state index contributed by atoms with van der Waals surface area (Å²) in [5.41, 5.74) is 9.16. The predicted octanol–water partition coefficient (Wildman–Crippen LogP) is 3.87. The van der Waals surface area contributed by atoms with Crippen LogP contribution in [0.25, 0.3) is 0 Å². The van der Waals surface area contributed by atoms with E-state index in [1.54, 1.807) is 0 Å². The summed E-state index contributed by atoms with van der Waals surface area (Å²) >= 11 is 0. The Hall–Kier alpha value is -0.860. The van der Waals surface area contributed by atoms with Gasteiger partial charge in [0.1, 0.15) is 0 Å². The molecule has 0 atom stereocenters. The van der Waals surface area contributed by atoms with E-state index in [4.69, 9.17) is 5.73 Å². The number of hydrogen-bond acceptors (Lipinski definition) is 2. The predicted molar refractivity (Wildman–Crippen MR) is 86.8 cm³/mol. The number of aryl methyl sites for hydroxylation is 1. The summed E-state index contributed by atoms with van der Waals surface area (Å²) in [6, 6.07) is 8.85. The summed E-state index contributed by atoms with van der Waals surface area (Å²) < 4.78 is 0.